The first-order valence-corrected chi connectivity index (χ1v) is 6.03. The fraction of sp³-hybridized carbons (Fsp3) is 0.0625. The molecule has 0 aliphatic heterocycles. The van der Waals surface area contributed by atoms with Crippen LogP contribution in [0, 0.1) is 5.82 Å². The number of hydrogen-bond acceptors (Lipinski definition) is 1. The Morgan fingerprint density at radius 2 is 1.57 bits per heavy atom. The number of allylic oxidation sites excluding steroid dienone is 1. The molecule has 1 nitrogen and oxygen atoms in total. The summed E-state index contributed by atoms with van der Waals surface area (Å²) in [6.07, 6.45) is -2.54. The van der Waals surface area contributed by atoms with Crippen molar-refractivity contribution in [3.8, 4) is 0 Å². The van der Waals surface area contributed by atoms with Crippen molar-refractivity contribution in [3.63, 3.8) is 0 Å². The van der Waals surface area contributed by atoms with E-state index in [0.717, 1.165) is 24.3 Å². The van der Waals surface area contributed by atoms with Gasteiger partial charge in [-0.3, -0.25) is 4.79 Å². The van der Waals surface area contributed by atoms with E-state index in [0.29, 0.717) is 0 Å². The average Bonchev–Trinajstić information content (AvgIpc) is 2.44. The highest BCUT2D eigenvalue weighted by Crippen LogP contribution is 2.32. The number of rotatable bonds is 3. The van der Waals surface area contributed by atoms with Crippen LogP contribution < -0.4 is 0 Å². The molecule has 0 heterocycles. The Morgan fingerprint density at radius 1 is 0.952 bits per heavy atom. The molecule has 108 valence electrons. The zero-order valence-electron chi connectivity index (χ0n) is 10.7. The highest BCUT2D eigenvalue weighted by atomic mass is 19.4. The third-order valence-electron chi connectivity index (χ3n) is 2.82. The van der Waals surface area contributed by atoms with Crippen molar-refractivity contribution in [1.29, 1.82) is 0 Å². The summed E-state index contributed by atoms with van der Waals surface area (Å²) in [6.45, 7) is 0. The van der Waals surface area contributed by atoms with Crippen LogP contribution in [-0.4, -0.2) is 5.78 Å². The van der Waals surface area contributed by atoms with Crippen LogP contribution in [0.15, 0.2) is 54.6 Å². The number of benzene rings is 2. The van der Waals surface area contributed by atoms with Crippen molar-refractivity contribution >= 4 is 11.9 Å². The van der Waals surface area contributed by atoms with Crippen molar-refractivity contribution in [3.05, 3.63) is 77.1 Å². The molecular formula is C16H10F4O. The van der Waals surface area contributed by atoms with E-state index in [1.54, 1.807) is 0 Å². The van der Waals surface area contributed by atoms with Crippen LogP contribution >= 0.6 is 0 Å². The number of halogens is 4. The smallest absolute Gasteiger partial charge is 0.289 e. The molecular weight excluding hydrogens is 284 g/mol. The first kappa shape index (κ1) is 15.0. The Hall–Kier alpha value is -2.43. The summed E-state index contributed by atoms with van der Waals surface area (Å²) in [5, 5.41) is 0. The molecule has 0 saturated heterocycles. The Labute approximate surface area is 118 Å². The van der Waals surface area contributed by atoms with Gasteiger partial charge in [-0.1, -0.05) is 36.4 Å². The van der Waals surface area contributed by atoms with Gasteiger partial charge < -0.3 is 0 Å². The largest absolute Gasteiger partial charge is 0.416 e. The van der Waals surface area contributed by atoms with Crippen molar-refractivity contribution in [2.45, 2.75) is 6.18 Å². The molecule has 0 radical (unpaired) electrons. The summed E-state index contributed by atoms with van der Waals surface area (Å²) >= 11 is 0. The van der Waals surface area contributed by atoms with Gasteiger partial charge in [-0.05, 0) is 29.8 Å². The van der Waals surface area contributed by atoms with E-state index in [4.69, 9.17) is 0 Å². The molecule has 0 aromatic heterocycles. The summed E-state index contributed by atoms with van der Waals surface area (Å²) in [5.74, 6) is -1.40. The SMILES string of the molecule is O=C(/C=C/c1ccccc1C(F)(F)F)c1ccccc1F. The summed E-state index contributed by atoms with van der Waals surface area (Å²) < 4.78 is 51.7. The van der Waals surface area contributed by atoms with Gasteiger partial charge in [0.1, 0.15) is 5.82 Å². The second-order valence-electron chi connectivity index (χ2n) is 4.26. The average molecular weight is 294 g/mol. The molecule has 0 atom stereocenters. The zero-order valence-corrected chi connectivity index (χ0v) is 10.7. The second kappa shape index (κ2) is 5.91. The molecule has 0 amide bonds. The number of hydrogen-bond donors (Lipinski definition) is 0. The summed E-state index contributed by atoms with van der Waals surface area (Å²) in [7, 11) is 0. The summed E-state index contributed by atoms with van der Waals surface area (Å²) in [6, 6.07) is 10.2. The van der Waals surface area contributed by atoms with E-state index in [1.165, 1.54) is 36.4 Å². The Balaban J connectivity index is 2.31. The predicted molar refractivity (Wildman–Crippen MR) is 71.2 cm³/mol. The van der Waals surface area contributed by atoms with Gasteiger partial charge in [-0.25, -0.2) is 4.39 Å². The lowest BCUT2D eigenvalue weighted by Gasteiger charge is -2.09. The highest BCUT2D eigenvalue weighted by Gasteiger charge is 2.32. The maximum Gasteiger partial charge on any atom is 0.416 e. The minimum absolute atomic E-state index is 0.144. The lowest BCUT2D eigenvalue weighted by molar-refractivity contribution is -0.137. The molecule has 2 aromatic carbocycles. The number of carbonyl (C=O) groups is 1. The first-order valence-electron chi connectivity index (χ1n) is 6.03. The molecule has 0 saturated carbocycles. The van der Waals surface area contributed by atoms with E-state index in [-0.39, 0.29) is 11.1 Å². The van der Waals surface area contributed by atoms with Crippen molar-refractivity contribution < 1.29 is 22.4 Å². The topological polar surface area (TPSA) is 17.1 Å². The van der Waals surface area contributed by atoms with Crippen molar-refractivity contribution in [2.75, 3.05) is 0 Å². The highest BCUT2D eigenvalue weighted by molar-refractivity contribution is 6.07. The molecule has 0 N–H and O–H groups in total. The molecule has 5 heteroatoms. The predicted octanol–water partition coefficient (Wildman–Crippen LogP) is 4.74. The standard InChI is InChI=1S/C16H10F4O/c17-14-8-4-2-6-12(14)15(21)10-9-11-5-1-3-7-13(11)16(18,19)20/h1-10H/b10-9+. The van der Waals surface area contributed by atoms with E-state index in [1.807, 2.05) is 0 Å². The fourth-order valence-electron chi connectivity index (χ4n) is 1.82. The van der Waals surface area contributed by atoms with Crippen LogP contribution in [0.4, 0.5) is 17.6 Å². The molecule has 2 rings (SSSR count). The van der Waals surface area contributed by atoms with Crippen molar-refractivity contribution in [2.24, 2.45) is 0 Å². The maximum atomic E-state index is 13.4. The number of carbonyl (C=O) groups excluding carboxylic acids is 1. The molecule has 0 aliphatic rings. The van der Waals surface area contributed by atoms with Gasteiger partial charge >= 0.3 is 6.18 Å². The summed E-state index contributed by atoms with van der Waals surface area (Å²) in [5.41, 5.74) is -1.17. The van der Waals surface area contributed by atoms with Gasteiger partial charge in [-0.15, -0.1) is 0 Å². The van der Waals surface area contributed by atoms with Gasteiger partial charge in [0.25, 0.3) is 0 Å². The molecule has 0 fully saturated rings. The van der Waals surface area contributed by atoms with Crippen molar-refractivity contribution in [1.82, 2.24) is 0 Å². The van der Waals surface area contributed by atoms with Gasteiger partial charge in [0.05, 0.1) is 11.1 Å². The van der Waals surface area contributed by atoms with Crippen LogP contribution in [0.3, 0.4) is 0 Å². The lowest BCUT2D eigenvalue weighted by atomic mass is 10.0. The van der Waals surface area contributed by atoms with Gasteiger partial charge in [0.15, 0.2) is 5.78 Å². The summed E-state index contributed by atoms with van der Waals surface area (Å²) in [4.78, 5) is 11.8. The van der Waals surface area contributed by atoms with E-state index >= 15 is 0 Å². The third kappa shape index (κ3) is 3.56. The van der Waals surface area contributed by atoms with E-state index in [2.05, 4.69) is 0 Å². The Morgan fingerprint density at radius 3 is 2.24 bits per heavy atom. The number of ketones is 1. The van der Waals surface area contributed by atoms with E-state index < -0.39 is 23.3 Å². The number of alkyl halides is 3. The molecule has 0 unspecified atom stereocenters. The van der Waals surface area contributed by atoms with Gasteiger partial charge in [0.2, 0.25) is 0 Å². The normalized spacial score (nSPS) is 11.8. The van der Waals surface area contributed by atoms with Crippen LogP contribution in [0.1, 0.15) is 21.5 Å². The van der Waals surface area contributed by atoms with E-state index in [9.17, 15) is 22.4 Å². The first-order chi connectivity index (χ1) is 9.89. The molecule has 0 spiro atoms. The quantitative estimate of drug-likeness (QED) is 0.454. The van der Waals surface area contributed by atoms with Crippen LogP contribution in [0.5, 0.6) is 0 Å². The van der Waals surface area contributed by atoms with Gasteiger partial charge in [0, 0.05) is 0 Å². The second-order valence-corrected chi connectivity index (χ2v) is 4.26. The third-order valence-corrected chi connectivity index (χ3v) is 2.82. The Kier molecular flexibility index (Phi) is 4.21. The van der Waals surface area contributed by atoms with Crippen LogP contribution in [0.25, 0.3) is 6.08 Å². The van der Waals surface area contributed by atoms with Crippen LogP contribution in [-0.2, 0) is 6.18 Å². The molecule has 0 aliphatic carbocycles. The lowest BCUT2D eigenvalue weighted by Crippen LogP contribution is -2.07. The molecule has 21 heavy (non-hydrogen) atoms. The van der Waals surface area contributed by atoms with Gasteiger partial charge in [-0.2, -0.15) is 13.2 Å². The molecule has 0 bridgehead atoms. The monoisotopic (exact) mass is 294 g/mol. The zero-order chi connectivity index (χ0) is 15.5. The minimum atomic E-state index is -4.51. The Bertz CT molecular complexity index is 687. The van der Waals surface area contributed by atoms with Crippen LogP contribution in [0.2, 0.25) is 0 Å². The maximum absolute atomic E-state index is 13.4. The minimum Gasteiger partial charge on any atom is -0.289 e. The molecule has 2 aromatic rings. The fourth-order valence-corrected chi connectivity index (χ4v) is 1.82.